The van der Waals surface area contributed by atoms with Gasteiger partial charge in [0.15, 0.2) is 0 Å². The largest absolute Gasteiger partial charge is 0.309 e. The fraction of sp³-hybridized carbons (Fsp3) is 0. The summed E-state index contributed by atoms with van der Waals surface area (Å²) in [5, 5.41) is 12.4. The first kappa shape index (κ1) is 28.0. The van der Waals surface area contributed by atoms with Crippen LogP contribution in [0, 0.1) is 0 Å². The van der Waals surface area contributed by atoms with Crippen molar-refractivity contribution in [2.24, 2.45) is 4.99 Å². The molecular weight excluding hydrogens is 619 g/mol. The van der Waals surface area contributed by atoms with Gasteiger partial charge in [0.05, 0.1) is 22.2 Å². The Balaban J connectivity index is 1.29. The summed E-state index contributed by atoms with van der Waals surface area (Å²) in [5.74, 6) is 1.91. The summed E-state index contributed by atoms with van der Waals surface area (Å²) in [6.45, 7) is 0. The molecule has 0 saturated heterocycles. The Morgan fingerprint density at radius 2 is 1.04 bits per heavy atom. The first-order valence-electron chi connectivity index (χ1n) is 17.5. The highest BCUT2D eigenvalue weighted by Crippen LogP contribution is 2.47. The molecule has 0 radical (unpaired) electrons. The summed E-state index contributed by atoms with van der Waals surface area (Å²) in [7, 11) is 0. The number of hydrogen-bond acceptors (Lipinski definition) is 1. The summed E-state index contributed by atoms with van der Waals surface area (Å²) in [5.41, 5.74) is 6.93. The number of rotatable bonds is 4. The van der Waals surface area contributed by atoms with Crippen molar-refractivity contribution >= 4 is 82.3 Å². The second kappa shape index (κ2) is 10.8. The van der Waals surface area contributed by atoms with Gasteiger partial charge in [-0.3, -0.25) is 0 Å². The number of para-hydroxylation sites is 2. The van der Waals surface area contributed by atoms with Crippen molar-refractivity contribution < 1.29 is 4.58 Å². The summed E-state index contributed by atoms with van der Waals surface area (Å²) >= 11 is 0. The summed E-state index contributed by atoms with van der Waals surface area (Å²) in [4.78, 5) is 5.26. The van der Waals surface area contributed by atoms with E-state index in [4.69, 9.17) is 4.99 Å². The molecule has 0 bridgehead atoms. The normalized spacial score (nSPS) is 13.1. The highest BCUT2D eigenvalue weighted by molar-refractivity contribution is 6.38. The monoisotopic (exact) mass is 648 g/mol. The number of nitrogens with zero attached hydrogens (tertiary/aromatic N) is 3. The van der Waals surface area contributed by atoms with Crippen LogP contribution in [0.4, 0.5) is 5.69 Å². The van der Waals surface area contributed by atoms with Crippen LogP contribution in [0.2, 0.25) is 0 Å². The van der Waals surface area contributed by atoms with Gasteiger partial charge in [0.1, 0.15) is 5.69 Å². The van der Waals surface area contributed by atoms with Crippen molar-refractivity contribution in [2.75, 3.05) is 0 Å². The van der Waals surface area contributed by atoms with E-state index in [9.17, 15) is 0 Å². The highest BCUT2D eigenvalue weighted by atomic mass is 15.2. The zero-order chi connectivity index (χ0) is 33.5. The molecule has 0 spiro atoms. The van der Waals surface area contributed by atoms with Crippen LogP contribution >= 0.6 is 0 Å². The molecule has 1 aromatic heterocycles. The van der Waals surface area contributed by atoms with E-state index >= 15 is 0 Å². The lowest BCUT2D eigenvalue weighted by Gasteiger charge is -2.22. The van der Waals surface area contributed by atoms with Gasteiger partial charge in [0, 0.05) is 32.6 Å². The van der Waals surface area contributed by atoms with Gasteiger partial charge in [-0.2, -0.15) is 4.58 Å². The van der Waals surface area contributed by atoms with Crippen molar-refractivity contribution in [3.63, 3.8) is 0 Å². The number of benzene rings is 9. The minimum absolute atomic E-state index is 0.953. The standard InChI is InChI=1S/C48H30N3/c1-3-16-32(17-4-1)47-49-48(34-28-27-31-15-7-8-18-33(31)29-34)51(47)43-30-41-36-21-9-12-24-39(36)46-45(44(41)38-23-11-10-22-37(38)43)40-25-13-14-26-42(40)50(46)35-19-5-2-6-20-35/h1-30H/q+1. The number of hydrogen-bond donors (Lipinski definition) is 0. The number of amidine groups is 2. The Morgan fingerprint density at radius 1 is 0.412 bits per heavy atom. The van der Waals surface area contributed by atoms with Crippen molar-refractivity contribution in [3.8, 4) is 5.69 Å². The second-order valence-corrected chi connectivity index (χ2v) is 13.3. The minimum atomic E-state index is 0.953. The fourth-order valence-electron chi connectivity index (χ4n) is 8.33. The molecule has 3 heteroatoms. The fourth-order valence-corrected chi connectivity index (χ4v) is 8.33. The quantitative estimate of drug-likeness (QED) is 0.134. The van der Waals surface area contributed by atoms with E-state index in [1.165, 1.54) is 64.9 Å². The smallest absolute Gasteiger partial charge is 0.279 e. The SMILES string of the molecule is c1ccc(C2=[N+](c3cc4c5ccccc5c5c(c6ccccc6n5-c5ccccc5)c4c4ccccc34)C(c3ccc4ccccc4c3)=N2)cc1. The van der Waals surface area contributed by atoms with Crippen LogP contribution in [0.15, 0.2) is 187 Å². The highest BCUT2D eigenvalue weighted by Gasteiger charge is 2.35. The van der Waals surface area contributed by atoms with Crippen molar-refractivity contribution in [3.05, 3.63) is 193 Å². The van der Waals surface area contributed by atoms with Gasteiger partial charge in [-0.25, -0.2) is 0 Å². The van der Waals surface area contributed by atoms with Crippen molar-refractivity contribution in [1.82, 2.24) is 4.57 Å². The average Bonchev–Trinajstić information content (AvgIpc) is 3.54. The maximum absolute atomic E-state index is 5.26. The zero-order valence-electron chi connectivity index (χ0n) is 27.7. The lowest BCUT2D eigenvalue weighted by atomic mass is 9.91. The molecule has 0 amide bonds. The molecule has 0 N–H and O–H groups in total. The second-order valence-electron chi connectivity index (χ2n) is 13.3. The third-order valence-electron chi connectivity index (χ3n) is 10.6. The Hall–Kier alpha value is -6.84. The van der Waals surface area contributed by atoms with Crippen LogP contribution in [0.5, 0.6) is 0 Å². The lowest BCUT2D eigenvalue weighted by molar-refractivity contribution is -0.317. The first-order valence-corrected chi connectivity index (χ1v) is 17.5. The molecule has 9 aromatic carbocycles. The van der Waals surface area contributed by atoms with E-state index in [0.717, 1.165) is 34.2 Å². The Bertz CT molecular complexity index is 3110. The van der Waals surface area contributed by atoms with Crippen LogP contribution in [0.25, 0.3) is 70.6 Å². The predicted octanol–water partition coefficient (Wildman–Crippen LogP) is 11.9. The maximum atomic E-state index is 5.26. The van der Waals surface area contributed by atoms with E-state index in [1.807, 2.05) is 0 Å². The molecule has 0 aliphatic carbocycles. The Labute approximate surface area is 294 Å². The summed E-state index contributed by atoms with van der Waals surface area (Å²) < 4.78 is 4.84. The molecule has 2 heterocycles. The first-order chi connectivity index (χ1) is 25.3. The van der Waals surface area contributed by atoms with Crippen LogP contribution < -0.4 is 0 Å². The maximum Gasteiger partial charge on any atom is 0.279 e. The van der Waals surface area contributed by atoms with Crippen LogP contribution in [-0.4, -0.2) is 20.8 Å². The Kier molecular flexibility index (Phi) is 5.96. The molecule has 0 unspecified atom stereocenters. The molecule has 0 fully saturated rings. The molecule has 1 aliphatic heterocycles. The van der Waals surface area contributed by atoms with Gasteiger partial charge in [-0.05, 0) is 75.5 Å². The van der Waals surface area contributed by atoms with Crippen LogP contribution in [0.1, 0.15) is 11.1 Å². The molecule has 1 aliphatic rings. The zero-order valence-corrected chi connectivity index (χ0v) is 27.7. The topological polar surface area (TPSA) is 20.3 Å². The molecule has 236 valence electrons. The van der Waals surface area contributed by atoms with Gasteiger partial charge in [-0.1, -0.05) is 138 Å². The number of aliphatic imine (C=N–C) groups is 1. The predicted molar refractivity (Wildman–Crippen MR) is 214 cm³/mol. The molecule has 0 saturated carbocycles. The Morgan fingerprint density at radius 3 is 1.84 bits per heavy atom. The van der Waals surface area contributed by atoms with E-state index in [2.05, 4.69) is 191 Å². The summed E-state index contributed by atoms with van der Waals surface area (Å²) in [6, 6.07) is 65.7. The molecule has 3 nitrogen and oxygen atoms in total. The molecule has 51 heavy (non-hydrogen) atoms. The molecule has 11 rings (SSSR count). The van der Waals surface area contributed by atoms with E-state index in [-0.39, 0.29) is 0 Å². The average molecular weight is 649 g/mol. The van der Waals surface area contributed by atoms with E-state index in [0.29, 0.717) is 0 Å². The lowest BCUT2D eigenvalue weighted by Crippen LogP contribution is -2.34. The van der Waals surface area contributed by atoms with Gasteiger partial charge in [0.2, 0.25) is 0 Å². The van der Waals surface area contributed by atoms with E-state index in [1.54, 1.807) is 0 Å². The molecule has 10 aromatic rings. The molecular formula is C48H30N3+. The van der Waals surface area contributed by atoms with Gasteiger partial charge >= 0.3 is 0 Å². The van der Waals surface area contributed by atoms with Gasteiger partial charge in [0.25, 0.3) is 11.7 Å². The van der Waals surface area contributed by atoms with E-state index < -0.39 is 0 Å². The minimum Gasteiger partial charge on any atom is -0.309 e. The number of aromatic nitrogens is 1. The molecule has 0 atom stereocenters. The summed E-state index contributed by atoms with van der Waals surface area (Å²) in [6.07, 6.45) is 0. The van der Waals surface area contributed by atoms with Crippen molar-refractivity contribution in [1.29, 1.82) is 0 Å². The van der Waals surface area contributed by atoms with Crippen molar-refractivity contribution in [2.45, 2.75) is 0 Å². The van der Waals surface area contributed by atoms with Crippen LogP contribution in [-0.2, 0) is 0 Å². The third kappa shape index (κ3) is 4.06. The number of fused-ring (bicyclic) bond motifs is 11. The van der Waals surface area contributed by atoms with Gasteiger partial charge in [-0.15, -0.1) is 0 Å². The third-order valence-corrected chi connectivity index (χ3v) is 10.6. The van der Waals surface area contributed by atoms with Crippen LogP contribution in [0.3, 0.4) is 0 Å². The van der Waals surface area contributed by atoms with Gasteiger partial charge < -0.3 is 4.57 Å².